The van der Waals surface area contributed by atoms with Gasteiger partial charge >= 0.3 is 0 Å². The summed E-state index contributed by atoms with van der Waals surface area (Å²) < 4.78 is 13.2. The Kier molecular flexibility index (Phi) is 3.90. The molecule has 0 saturated heterocycles. The van der Waals surface area contributed by atoms with E-state index in [1.165, 1.54) is 0 Å². The smallest absolute Gasteiger partial charge is 0.250 e. The van der Waals surface area contributed by atoms with Gasteiger partial charge in [-0.15, -0.1) is 5.92 Å². The highest BCUT2D eigenvalue weighted by Crippen LogP contribution is 2.19. The van der Waals surface area contributed by atoms with Crippen LogP contribution in [0.3, 0.4) is 0 Å². The lowest BCUT2D eigenvalue weighted by Gasteiger charge is -2.09. The molecular formula is C12H13FN2O. The predicted octanol–water partition coefficient (Wildman–Crippen LogP) is 1.67. The second kappa shape index (κ2) is 5.17. The number of rotatable bonds is 3. The van der Waals surface area contributed by atoms with Gasteiger partial charge in [0.15, 0.2) is 0 Å². The van der Waals surface area contributed by atoms with E-state index in [1.54, 1.807) is 19.9 Å². The van der Waals surface area contributed by atoms with Crippen molar-refractivity contribution in [2.75, 3.05) is 11.9 Å². The molecule has 0 aliphatic rings. The molecule has 84 valence electrons. The highest BCUT2D eigenvalue weighted by Gasteiger charge is 2.11. The molecule has 0 aliphatic carbocycles. The molecule has 0 fully saturated rings. The van der Waals surface area contributed by atoms with E-state index >= 15 is 0 Å². The van der Waals surface area contributed by atoms with Crippen molar-refractivity contribution in [3.8, 4) is 11.8 Å². The van der Waals surface area contributed by atoms with Gasteiger partial charge in [-0.3, -0.25) is 4.79 Å². The molecule has 0 aliphatic heterocycles. The first-order chi connectivity index (χ1) is 7.56. The summed E-state index contributed by atoms with van der Waals surface area (Å²) >= 11 is 0. The molecular weight excluding hydrogens is 207 g/mol. The lowest BCUT2D eigenvalue weighted by molar-refractivity contribution is 0.100. The average molecular weight is 220 g/mol. The van der Waals surface area contributed by atoms with E-state index in [9.17, 15) is 9.18 Å². The molecule has 3 nitrogen and oxygen atoms in total. The predicted molar refractivity (Wildman–Crippen MR) is 61.6 cm³/mol. The van der Waals surface area contributed by atoms with Crippen molar-refractivity contribution in [1.29, 1.82) is 0 Å². The molecule has 1 rings (SSSR count). The topological polar surface area (TPSA) is 55.1 Å². The maximum absolute atomic E-state index is 13.2. The minimum absolute atomic E-state index is 0.140. The van der Waals surface area contributed by atoms with Crippen LogP contribution >= 0.6 is 0 Å². The van der Waals surface area contributed by atoms with Crippen LogP contribution in [-0.2, 0) is 0 Å². The molecule has 0 saturated carbocycles. The van der Waals surface area contributed by atoms with Crippen molar-refractivity contribution in [3.05, 3.63) is 29.1 Å². The number of anilines is 1. The standard InChI is InChI=1S/C12H13FN2O/c1-3-4-5-15-11-6-8(2)10(13)7-9(11)12(14)16/h6-7,15H,5H2,1-2H3,(H2,14,16). The van der Waals surface area contributed by atoms with Crippen molar-refractivity contribution in [2.45, 2.75) is 13.8 Å². The third-order valence-electron chi connectivity index (χ3n) is 2.11. The molecule has 0 unspecified atom stereocenters. The summed E-state index contributed by atoms with van der Waals surface area (Å²) in [6.07, 6.45) is 0. The minimum Gasteiger partial charge on any atom is -0.373 e. The molecule has 0 bridgehead atoms. The van der Waals surface area contributed by atoms with Crippen LogP contribution < -0.4 is 11.1 Å². The normalized spacial score (nSPS) is 9.19. The van der Waals surface area contributed by atoms with Gasteiger partial charge in [-0.25, -0.2) is 4.39 Å². The Labute approximate surface area is 93.8 Å². The summed E-state index contributed by atoms with van der Waals surface area (Å²) in [5, 5.41) is 2.92. The summed E-state index contributed by atoms with van der Waals surface area (Å²) in [5.74, 6) is 4.40. The molecule has 0 spiro atoms. The largest absolute Gasteiger partial charge is 0.373 e. The van der Waals surface area contributed by atoms with E-state index in [4.69, 9.17) is 5.73 Å². The number of carbonyl (C=O) groups excluding carboxylic acids is 1. The fraction of sp³-hybridized carbons (Fsp3) is 0.250. The van der Waals surface area contributed by atoms with E-state index in [2.05, 4.69) is 17.2 Å². The monoisotopic (exact) mass is 220 g/mol. The second-order valence-corrected chi connectivity index (χ2v) is 3.29. The number of primary amides is 1. The minimum atomic E-state index is -0.661. The zero-order chi connectivity index (χ0) is 12.1. The third kappa shape index (κ3) is 2.74. The molecule has 1 amide bonds. The van der Waals surface area contributed by atoms with Gasteiger partial charge in [-0.1, -0.05) is 5.92 Å². The summed E-state index contributed by atoms with van der Waals surface area (Å²) in [7, 11) is 0. The van der Waals surface area contributed by atoms with Crippen LogP contribution in [0.4, 0.5) is 10.1 Å². The van der Waals surface area contributed by atoms with E-state index in [1.807, 2.05) is 0 Å². The number of aryl methyl sites for hydroxylation is 1. The number of hydrogen-bond donors (Lipinski definition) is 2. The van der Waals surface area contributed by atoms with Gasteiger partial charge in [-0.2, -0.15) is 0 Å². The molecule has 4 heteroatoms. The molecule has 1 aromatic carbocycles. The number of benzene rings is 1. The Morgan fingerprint density at radius 1 is 1.56 bits per heavy atom. The zero-order valence-corrected chi connectivity index (χ0v) is 9.23. The second-order valence-electron chi connectivity index (χ2n) is 3.29. The van der Waals surface area contributed by atoms with Crippen molar-refractivity contribution >= 4 is 11.6 Å². The number of nitrogens with two attached hydrogens (primary N) is 1. The molecule has 16 heavy (non-hydrogen) atoms. The first kappa shape index (κ1) is 12.1. The maximum atomic E-state index is 13.2. The fourth-order valence-corrected chi connectivity index (χ4v) is 1.26. The molecule has 0 heterocycles. The highest BCUT2D eigenvalue weighted by molar-refractivity contribution is 5.98. The van der Waals surface area contributed by atoms with Gasteiger partial charge in [0.1, 0.15) is 5.82 Å². The molecule has 0 aromatic heterocycles. The van der Waals surface area contributed by atoms with Gasteiger partial charge in [-0.05, 0) is 31.5 Å². The van der Waals surface area contributed by atoms with Gasteiger partial charge in [0.05, 0.1) is 12.1 Å². The van der Waals surface area contributed by atoms with E-state index < -0.39 is 11.7 Å². The van der Waals surface area contributed by atoms with Crippen LogP contribution in [0.5, 0.6) is 0 Å². The number of nitrogens with one attached hydrogen (secondary N) is 1. The van der Waals surface area contributed by atoms with Crippen LogP contribution in [0.15, 0.2) is 12.1 Å². The van der Waals surface area contributed by atoms with Gasteiger partial charge in [0.2, 0.25) is 0 Å². The quantitative estimate of drug-likeness (QED) is 0.761. The van der Waals surface area contributed by atoms with Crippen molar-refractivity contribution in [3.63, 3.8) is 0 Å². The van der Waals surface area contributed by atoms with Crippen LogP contribution in [0.2, 0.25) is 0 Å². The maximum Gasteiger partial charge on any atom is 0.250 e. The molecule has 1 aromatic rings. The Morgan fingerprint density at radius 2 is 2.25 bits per heavy atom. The van der Waals surface area contributed by atoms with E-state index in [0.717, 1.165) is 6.07 Å². The summed E-state index contributed by atoms with van der Waals surface area (Å²) in [6.45, 7) is 3.73. The molecule has 3 N–H and O–H groups in total. The van der Waals surface area contributed by atoms with E-state index in [-0.39, 0.29) is 5.56 Å². The number of halogens is 1. The van der Waals surface area contributed by atoms with Crippen LogP contribution in [0.25, 0.3) is 0 Å². The molecule has 0 atom stereocenters. The van der Waals surface area contributed by atoms with E-state index in [0.29, 0.717) is 17.8 Å². The lowest BCUT2D eigenvalue weighted by Crippen LogP contribution is -2.15. The van der Waals surface area contributed by atoms with Crippen LogP contribution in [0.1, 0.15) is 22.8 Å². The van der Waals surface area contributed by atoms with Gasteiger partial charge in [0.25, 0.3) is 5.91 Å². The Hall–Kier alpha value is -2.02. The van der Waals surface area contributed by atoms with Crippen LogP contribution in [0, 0.1) is 24.6 Å². The van der Waals surface area contributed by atoms with Gasteiger partial charge < -0.3 is 11.1 Å². The van der Waals surface area contributed by atoms with Crippen molar-refractivity contribution in [2.24, 2.45) is 5.73 Å². The number of amides is 1. The lowest BCUT2D eigenvalue weighted by atomic mass is 10.1. The van der Waals surface area contributed by atoms with Crippen molar-refractivity contribution in [1.82, 2.24) is 0 Å². The third-order valence-corrected chi connectivity index (χ3v) is 2.11. The van der Waals surface area contributed by atoms with Crippen molar-refractivity contribution < 1.29 is 9.18 Å². The Bertz CT molecular complexity index is 472. The first-order valence-corrected chi connectivity index (χ1v) is 4.79. The summed E-state index contributed by atoms with van der Waals surface area (Å²) in [5.41, 5.74) is 6.26. The fourth-order valence-electron chi connectivity index (χ4n) is 1.26. The van der Waals surface area contributed by atoms with Gasteiger partial charge in [0, 0.05) is 5.69 Å². The number of hydrogen-bond acceptors (Lipinski definition) is 2. The average Bonchev–Trinajstić information content (AvgIpc) is 2.23. The summed E-state index contributed by atoms with van der Waals surface area (Å²) in [4.78, 5) is 11.1. The Morgan fingerprint density at radius 3 is 2.81 bits per heavy atom. The van der Waals surface area contributed by atoms with Crippen LogP contribution in [-0.4, -0.2) is 12.5 Å². The highest BCUT2D eigenvalue weighted by atomic mass is 19.1. The Balaban J connectivity index is 3.07. The SMILES string of the molecule is CC#CCNc1cc(C)c(F)cc1C(N)=O. The zero-order valence-electron chi connectivity index (χ0n) is 9.23. The first-order valence-electron chi connectivity index (χ1n) is 4.79. The molecule has 0 radical (unpaired) electrons. The number of carbonyl (C=O) groups is 1. The summed E-state index contributed by atoms with van der Waals surface area (Å²) in [6, 6.07) is 2.69.